The third kappa shape index (κ3) is 3.74. The van der Waals surface area contributed by atoms with Crippen molar-refractivity contribution in [3.63, 3.8) is 0 Å². The second-order valence-electron chi connectivity index (χ2n) is 5.97. The average Bonchev–Trinajstić information content (AvgIpc) is 3.24. The van der Waals surface area contributed by atoms with Crippen LogP contribution in [0, 0.1) is 0 Å². The van der Waals surface area contributed by atoms with Crippen LogP contribution >= 0.6 is 0 Å². The third-order valence-corrected chi connectivity index (χ3v) is 4.16. The smallest absolute Gasteiger partial charge is 0.269 e. The van der Waals surface area contributed by atoms with Crippen LogP contribution in [0.1, 0.15) is 16.1 Å². The molecule has 1 aromatic carbocycles. The van der Waals surface area contributed by atoms with E-state index in [1.54, 1.807) is 24.7 Å². The Morgan fingerprint density at radius 3 is 2.59 bits per heavy atom. The highest BCUT2D eigenvalue weighted by molar-refractivity contribution is 5.93. The van der Waals surface area contributed by atoms with Crippen molar-refractivity contribution in [1.29, 1.82) is 0 Å². The highest BCUT2D eigenvalue weighted by Crippen LogP contribution is 2.20. The van der Waals surface area contributed by atoms with E-state index >= 15 is 0 Å². The molecule has 132 valence electrons. The van der Waals surface area contributed by atoms with Gasteiger partial charge in [-0.3, -0.25) is 19.9 Å². The minimum atomic E-state index is -0.217. The van der Waals surface area contributed by atoms with Crippen LogP contribution in [0.2, 0.25) is 0 Å². The average molecular weight is 355 g/mol. The van der Waals surface area contributed by atoms with Gasteiger partial charge >= 0.3 is 0 Å². The number of H-pyrrole nitrogens is 1. The highest BCUT2D eigenvalue weighted by atomic mass is 16.1. The molecule has 2 N–H and O–H groups in total. The molecular formula is C21H17N5O. The first-order chi connectivity index (χ1) is 13.3. The molecule has 27 heavy (non-hydrogen) atoms. The van der Waals surface area contributed by atoms with Gasteiger partial charge < -0.3 is 5.32 Å². The molecule has 0 radical (unpaired) electrons. The van der Waals surface area contributed by atoms with Crippen molar-refractivity contribution < 1.29 is 4.79 Å². The fraction of sp³-hybridized carbons (Fsp3) is 0.0476. The van der Waals surface area contributed by atoms with Gasteiger partial charge in [0.25, 0.3) is 5.91 Å². The van der Waals surface area contributed by atoms with Crippen molar-refractivity contribution in [2.75, 3.05) is 0 Å². The van der Waals surface area contributed by atoms with Crippen LogP contribution < -0.4 is 5.32 Å². The van der Waals surface area contributed by atoms with Gasteiger partial charge in [0.05, 0.1) is 11.4 Å². The molecule has 3 aromatic heterocycles. The van der Waals surface area contributed by atoms with Gasteiger partial charge in [-0.25, -0.2) is 0 Å². The number of nitrogens with zero attached hydrogens (tertiary/aromatic N) is 3. The number of hydrogen-bond acceptors (Lipinski definition) is 4. The number of pyridine rings is 2. The summed E-state index contributed by atoms with van der Waals surface area (Å²) < 4.78 is 0. The first-order valence-corrected chi connectivity index (χ1v) is 8.54. The van der Waals surface area contributed by atoms with Crippen molar-refractivity contribution in [2.24, 2.45) is 0 Å². The molecule has 0 aliphatic carbocycles. The van der Waals surface area contributed by atoms with Gasteiger partial charge in [-0.2, -0.15) is 5.10 Å². The van der Waals surface area contributed by atoms with Gasteiger partial charge in [0, 0.05) is 36.3 Å². The molecule has 6 nitrogen and oxygen atoms in total. The standard InChI is InChI=1S/C21H17N5O/c27-21(19-12-18(25-26-19)15-6-2-1-3-7-15)24-14-17-9-5-11-23-20(17)16-8-4-10-22-13-16/h1-13H,14H2,(H,24,27)(H,25,26). The molecule has 3 heterocycles. The lowest BCUT2D eigenvalue weighted by Gasteiger charge is -2.09. The lowest BCUT2D eigenvalue weighted by molar-refractivity contribution is 0.0946. The summed E-state index contributed by atoms with van der Waals surface area (Å²) in [4.78, 5) is 21.1. The minimum Gasteiger partial charge on any atom is -0.347 e. The Labute approximate surface area is 156 Å². The van der Waals surface area contributed by atoms with Crippen LogP contribution in [-0.2, 0) is 6.54 Å². The predicted octanol–water partition coefficient (Wildman–Crippen LogP) is 3.46. The number of carbonyl (C=O) groups is 1. The molecule has 0 bridgehead atoms. The van der Waals surface area contributed by atoms with E-state index in [0.717, 1.165) is 28.1 Å². The molecule has 0 unspecified atom stereocenters. The van der Waals surface area contributed by atoms with E-state index in [2.05, 4.69) is 25.5 Å². The normalized spacial score (nSPS) is 10.5. The molecule has 6 heteroatoms. The fourth-order valence-electron chi connectivity index (χ4n) is 2.81. The van der Waals surface area contributed by atoms with Crippen molar-refractivity contribution in [3.8, 4) is 22.5 Å². The van der Waals surface area contributed by atoms with Crippen LogP contribution in [0.25, 0.3) is 22.5 Å². The van der Waals surface area contributed by atoms with Crippen molar-refractivity contribution in [1.82, 2.24) is 25.5 Å². The number of nitrogens with one attached hydrogen (secondary N) is 2. The van der Waals surface area contributed by atoms with Gasteiger partial charge in [0.1, 0.15) is 5.69 Å². The molecular weight excluding hydrogens is 338 g/mol. The molecule has 0 aliphatic rings. The summed E-state index contributed by atoms with van der Waals surface area (Å²) in [6.45, 7) is 0.358. The number of aromatic nitrogens is 4. The number of carbonyl (C=O) groups excluding carboxylic acids is 1. The van der Waals surface area contributed by atoms with Gasteiger partial charge in [-0.15, -0.1) is 0 Å². The molecule has 4 aromatic rings. The van der Waals surface area contributed by atoms with Crippen LogP contribution in [0.3, 0.4) is 0 Å². The van der Waals surface area contributed by atoms with Crippen molar-refractivity contribution >= 4 is 5.91 Å². The Kier molecular flexibility index (Phi) is 4.70. The molecule has 4 rings (SSSR count). The monoisotopic (exact) mass is 355 g/mol. The molecule has 0 spiro atoms. The summed E-state index contributed by atoms with van der Waals surface area (Å²) in [5.74, 6) is -0.217. The summed E-state index contributed by atoms with van der Waals surface area (Å²) in [5.41, 5.74) is 4.75. The highest BCUT2D eigenvalue weighted by Gasteiger charge is 2.12. The number of aromatic amines is 1. The fourth-order valence-corrected chi connectivity index (χ4v) is 2.81. The van der Waals surface area contributed by atoms with Crippen LogP contribution in [0.4, 0.5) is 0 Å². The summed E-state index contributed by atoms with van der Waals surface area (Å²) in [7, 11) is 0. The summed E-state index contributed by atoms with van der Waals surface area (Å²) in [6.07, 6.45) is 5.21. The lowest BCUT2D eigenvalue weighted by Crippen LogP contribution is -2.23. The summed E-state index contributed by atoms with van der Waals surface area (Å²) in [6, 6.07) is 19.1. The number of hydrogen-bond donors (Lipinski definition) is 2. The van der Waals surface area contributed by atoms with Crippen LogP contribution in [0.5, 0.6) is 0 Å². The molecule has 0 saturated carbocycles. The third-order valence-electron chi connectivity index (χ3n) is 4.16. The largest absolute Gasteiger partial charge is 0.347 e. The van der Waals surface area contributed by atoms with E-state index in [0.29, 0.717) is 12.2 Å². The van der Waals surface area contributed by atoms with Gasteiger partial charge in [-0.1, -0.05) is 36.4 Å². The molecule has 0 atom stereocenters. The van der Waals surface area contributed by atoms with Crippen molar-refractivity contribution in [3.05, 3.63) is 90.5 Å². The summed E-state index contributed by atoms with van der Waals surface area (Å²) in [5, 5.41) is 9.94. The molecule has 1 amide bonds. The van der Waals surface area contributed by atoms with Gasteiger partial charge in [0.2, 0.25) is 0 Å². The maximum absolute atomic E-state index is 12.5. The maximum Gasteiger partial charge on any atom is 0.269 e. The number of rotatable bonds is 5. The second-order valence-corrected chi connectivity index (χ2v) is 5.97. The van der Waals surface area contributed by atoms with E-state index in [1.165, 1.54) is 0 Å². The topological polar surface area (TPSA) is 83.6 Å². The Bertz CT molecular complexity index is 1040. The zero-order valence-corrected chi connectivity index (χ0v) is 14.5. The van der Waals surface area contributed by atoms with Crippen LogP contribution in [-0.4, -0.2) is 26.1 Å². The minimum absolute atomic E-state index is 0.217. The lowest BCUT2D eigenvalue weighted by atomic mass is 10.1. The maximum atomic E-state index is 12.5. The first-order valence-electron chi connectivity index (χ1n) is 8.54. The molecule has 0 saturated heterocycles. The predicted molar refractivity (Wildman–Crippen MR) is 103 cm³/mol. The Hall–Kier alpha value is -3.80. The zero-order chi connectivity index (χ0) is 18.5. The van der Waals surface area contributed by atoms with Crippen LogP contribution in [0.15, 0.2) is 79.3 Å². The Morgan fingerprint density at radius 1 is 0.963 bits per heavy atom. The molecule has 0 aliphatic heterocycles. The molecule has 0 fully saturated rings. The van der Waals surface area contributed by atoms with E-state index in [9.17, 15) is 4.79 Å². The second kappa shape index (κ2) is 7.61. The Balaban J connectivity index is 1.49. The Morgan fingerprint density at radius 2 is 1.78 bits per heavy atom. The van der Waals surface area contributed by atoms with Gasteiger partial charge in [0.15, 0.2) is 0 Å². The van der Waals surface area contributed by atoms with Crippen molar-refractivity contribution in [2.45, 2.75) is 6.54 Å². The number of benzene rings is 1. The number of amides is 1. The summed E-state index contributed by atoms with van der Waals surface area (Å²) >= 11 is 0. The van der Waals surface area contributed by atoms with E-state index < -0.39 is 0 Å². The van der Waals surface area contributed by atoms with E-state index in [-0.39, 0.29) is 5.91 Å². The zero-order valence-electron chi connectivity index (χ0n) is 14.5. The van der Waals surface area contributed by atoms with Gasteiger partial charge in [-0.05, 0) is 29.8 Å². The van der Waals surface area contributed by atoms with E-state index in [1.807, 2.05) is 54.6 Å². The quantitative estimate of drug-likeness (QED) is 0.574. The van der Waals surface area contributed by atoms with E-state index in [4.69, 9.17) is 0 Å². The SMILES string of the molecule is O=C(NCc1cccnc1-c1cccnc1)c1cc(-c2ccccc2)n[nH]1. The first kappa shape index (κ1) is 16.7.